The van der Waals surface area contributed by atoms with Crippen LogP contribution in [-0.2, 0) is 0 Å². The molecule has 1 rings (SSSR count). The van der Waals surface area contributed by atoms with Gasteiger partial charge in [-0.05, 0) is 6.42 Å². The Balaban J connectivity index is 0.00000144. The first-order chi connectivity index (χ1) is 5.84. The van der Waals surface area contributed by atoms with Crippen molar-refractivity contribution in [1.29, 1.82) is 0 Å². The summed E-state index contributed by atoms with van der Waals surface area (Å²) in [7, 11) is 0. The SMILES string of the molecule is CCCCC(=O)c1[c-]cccc1.[Li+]. The van der Waals surface area contributed by atoms with E-state index in [9.17, 15) is 4.79 Å². The zero-order valence-corrected chi connectivity index (χ0v) is 8.34. The van der Waals surface area contributed by atoms with E-state index in [0.29, 0.717) is 12.0 Å². The maximum absolute atomic E-state index is 11.4. The van der Waals surface area contributed by atoms with Gasteiger partial charge in [-0.25, -0.2) is 0 Å². The molecular weight excluding hydrogens is 155 g/mol. The zero-order valence-electron chi connectivity index (χ0n) is 8.34. The fourth-order valence-electron chi connectivity index (χ4n) is 1.04. The first-order valence-electron chi connectivity index (χ1n) is 4.34. The molecule has 0 aliphatic heterocycles. The van der Waals surface area contributed by atoms with E-state index in [1.54, 1.807) is 6.07 Å². The van der Waals surface area contributed by atoms with Crippen LogP contribution in [0.5, 0.6) is 0 Å². The molecule has 0 unspecified atom stereocenters. The van der Waals surface area contributed by atoms with Crippen molar-refractivity contribution in [2.75, 3.05) is 0 Å². The Labute approximate surface area is 91.7 Å². The fourth-order valence-corrected chi connectivity index (χ4v) is 1.04. The monoisotopic (exact) mass is 168 g/mol. The summed E-state index contributed by atoms with van der Waals surface area (Å²) in [6.45, 7) is 2.09. The van der Waals surface area contributed by atoms with Gasteiger partial charge in [-0.15, -0.1) is 35.9 Å². The molecule has 64 valence electrons. The molecule has 0 bridgehead atoms. The number of carbonyl (C=O) groups is 1. The van der Waals surface area contributed by atoms with Crippen molar-refractivity contribution in [3.8, 4) is 0 Å². The second-order valence-electron chi connectivity index (χ2n) is 2.80. The number of unbranched alkanes of at least 4 members (excludes halogenated alkanes) is 1. The number of Topliss-reactive ketones (excluding diaryl/α,β-unsaturated/α-hetero) is 1. The van der Waals surface area contributed by atoms with E-state index in [-0.39, 0.29) is 24.6 Å². The number of hydrogen-bond acceptors (Lipinski definition) is 1. The first-order valence-corrected chi connectivity index (χ1v) is 4.34. The largest absolute Gasteiger partial charge is 1.00 e. The fraction of sp³-hybridized carbons (Fsp3) is 0.364. The van der Waals surface area contributed by atoms with Crippen molar-refractivity contribution < 1.29 is 23.7 Å². The summed E-state index contributed by atoms with van der Waals surface area (Å²) in [6.07, 6.45) is 2.69. The van der Waals surface area contributed by atoms with Gasteiger partial charge in [-0.1, -0.05) is 19.8 Å². The van der Waals surface area contributed by atoms with Gasteiger partial charge in [0.25, 0.3) is 0 Å². The molecule has 0 saturated carbocycles. The molecule has 0 saturated heterocycles. The van der Waals surface area contributed by atoms with Crippen LogP contribution in [0.3, 0.4) is 0 Å². The van der Waals surface area contributed by atoms with E-state index in [2.05, 4.69) is 13.0 Å². The van der Waals surface area contributed by atoms with Gasteiger partial charge in [0, 0.05) is 0 Å². The summed E-state index contributed by atoms with van der Waals surface area (Å²) in [6, 6.07) is 10.3. The Morgan fingerprint density at radius 2 is 2.23 bits per heavy atom. The van der Waals surface area contributed by atoms with Crippen LogP contribution in [0.25, 0.3) is 0 Å². The van der Waals surface area contributed by atoms with Gasteiger partial charge in [0.2, 0.25) is 0 Å². The van der Waals surface area contributed by atoms with Gasteiger partial charge in [0.15, 0.2) is 0 Å². The van der Waals surface area contributed by atoms with Crippen molar-refractivity contribution in [3.05, 3.63) is 35.9 Å². The number of carbonyl (C=O) groups excluding carboxylic acids is 1. The molecule has 0 radical (unpaired) electrons. The van der Waals surface area contributed by atoms with E-state index in [1.165, 1.54) is 0 Å². The Morgan fingerprint density at radius 3 is 2.77 bits per heavy atom. The molecule has 13 heavy (non-hydrogen) atoms. The van der Waals surface area contributed by atoms with Gasteiger partial charge >= 0.3 is 18.9 Å². The van der Waals surface area contributed by atoms with Gasteiger partial charge in [0.1, 0.15) is 0 Å². The molecular formula is C11H13LiO. The summed E-state index contributed by atoms with van der Waals surface area (Å²) < 4.78 is 0. The molecule has 1 nitrogen and oxygen atoms in total. The van der Waals surface area contributed by atoms with E-state index in [4.69, 9.17) is 0 Å². The second-order valence-corrected chi connectivity index (χ2v) is 2.80. The van der Waals surface area contributed by atoms with Crippen LogP contribution in [0, 0.1) is 6.07 Å². The van der Waals surface area contributed by atoms with Crippen molar-refractivity contribution >= 4 is 5.78 Å². The third-order valence-corrected chi connectivity index (χ3v) is 1.77. The zero-order chi connectivity index (χ0) is 8.81. The normalized spacial score (nSPS) is 9.00. The Hall–Kier alpha value is -0.513. The summed E-state index contributed by atoms with van der Waals surface area (Å²) in [4.78, 5) is 11.4. The molecule has 0 fully saturated rings. The second kappa shape index (κ2) is 6.95. The van der Waals surface area contributed by atoms with Gasteiger partial charge in [-0.3, -0.25) is 0 Å². The van der Waals surface area contributed by atoms with Crippen LogP contribution < -0.4 is 18.9 Å². The van der Waals surface area contributed by atoms with Crippen LogP contribution in [0.1, 0.15) is 36.5 Å². The van der Waals surface area contributed by atoms with Crippen molar-refractivity contribution in [2.45, 2.75) is 26.2 Å². The molecule has 0 heterocycles. The van der Waals surface area contributed by atoms with Crippen molar-refractivity contribution in [3.63, 3.8) is 0 Å². The molecule has 0 N–H and O–H groups in total. The summed E-state index contributed by atoms with van der Waals surface area (Å²) in [5.74, 6) is 0.206. The minimum atomic E-state index is 0. The van der Waals surface area contributed by atoms with Crippen LogP contribution in [0.4, 0.5) is 0 Å². The smallest absolute Gasteiger partial charge is 0.352 e. The number of ketones is 1. The number of hydrogen-bond donors (Lipinski definition) is 0. The molecule has 1 aromatic carbocycles. The van der Waals surface area contributed by atoms with Gasteiger partial charge in [0.05, 0.1) is 5.78 Å². The minimum Gasteiger partial charge on any atom is -0.352 e. The molecule has 0 spiro atoms. The van der Waals surface area contributed by atoms with E-state index in [0.717, 1.165) is 12.8 Å². The van der Waals surface area contributed by atoms with E-state index < -0.39 is 0 Å². The molecule has 0 amide bonds. The van der Waals surface area contributed by atoms with Crippen molar-refractivity contribution in [1.82, 2.24) is 0 Å². The molecule has 2 heteroatoms. The maximum atomic E-state index is 11.4. The average Bonchev–Trinajstić information content (AvgIpc) is 2.15. The Morgan fingerprint density at radius 1 is 1.46 bits per heavy atom. The summed E-state index contributed by atoms with van der Waals surface area (Å²) in [5.41, 5.74) is 0.714. The minimum absolute atomic E-state index is 0. The summed E-state index contributed by atoms with van der Waals surface area (Å²) >= 11 is 0. The average molecular weight is 168 g/mol. The topological polar surface area (TPSA) is 17.1 Å². The quantitative estimate of drug-likeness (QED) is 0.347. The predicted octanol–water partition coefficient (Wildman–Crippen LogP) is -0.136. The van der Waals surface area contributed by atoms with E-state index >= 15 is 0 Å². The van der Waals surface area contributed by atoms with Crippen LogP contribution in [0.2, 0.25) is 0 Å². The molecule has 0 aliphatic rings. The molecule has 0 aliphatic carbocycles. The van der Waals surface area contributed by atoms with Crippen LogP contribution in [-0.4, -0.2) is 5.78 Å². The molecule has 0 atom stereocenters. The predicted molar refractivity (Wildman–Crippen MR) is 49.1 cm³/mol. The standard InChI is InChI=1S/C11H13O.Li/c1-2-3-9-11(12)10-7-5-4-6-8-10;/h4-7H,2-3,9H2,1H3;/q-1;+1. The van der Waals surface area contributed by atoms with Crippen molar-refractivity contribution in [2.24, 2.45) is 0 Å². The first kappa shape index (κ1) is 12.5. The number of rotatable bonds is 4. The third-order valence-electron chi connectivity index (χ3n) is 1.77. The Bertz CT molecular complexity index is 244. The summed E-state index contributed by atoms with van der Waals surface area (Å²) in [5, 5.41) is 0. The maximum Gasteiger partial charge on any atom is 1.00 e. The third kappa shape index (κ3) is 4.31. The number of benzene rings is 1. The molecule has 1 aromatic rings. The van der Waals surface area contributed by atoms with Crippen LogP contribution in [0.15, 0.2) is 24.3 Å². The van der Waals surface area contributed by atoms with Crippen LogP contribution >= 0.6 is 0 Å². The van der Waals surface area contributed by atoms with Gasteiger partial charge in [-0.2, -0.15) is 0 Å². The van der Waals surface area contributed by atoms with Gasteiger partial charge < -0.3 is 4.79 Å². The van der Waals surface area contributed by atoms with E-state index in [1.807, 2.05) is 18.2 Å². The Kier molecular flexibility index (Phi) is 6.67. The molecule has 0 aromatic heterocycles.